The number of fused-ring (bicyclic) bond motifs is 1. The van der Waals surface area contributed by atoms with Crippen molar-refractivity contribution in [3.8, 4) is 0 Å². The molecule has 10 nitrogen and oxygen atoms in total. The molecule has 2 aromatic rings. The molecule has 182 valence electrons. The van der Waals surface area contributed by atoms with Crippen molar-refractivity contribution in [2.45, 2.75) is 45.1 Å². The lowest BCUT2D eigenvalue weighted by atomic mass is 9.90. The van der Waals surface area contributed by atoms with Crippen molar-refractivity contribution in [3.63, 3.8) is 0 Å². The average molecular weight is 479 g/mol. The zero-order chi connectivity index (χ0) is 25.2. The Kier molecular flexibility index (Phi) is 6.54. The molecule has 1 spiro atoms. The summed E-state index contributed by atoms with van der Waals surface area (Å²) >= 11 is 0. The van der Waals surface area contributed by atoms with Gasteiger partial charge in [-0.05, 0) is 43.2 Å². The highest BCUT2D eigenvalue weighted by molar-refractivity contribution is 6.15. The molecule has 3 N–H and O–H groups in total. The van der Waals surface area contributed by atoms with E-state index in [-0.39, 0.29) is 34.7 Å². The van der Waals surface area contributed by atoms with E-state index in [0.29, 0.717) is 24.2 Å². The summed E-state index contributed by atoms with van der Waals surface area (Å²) in [6, 6.07) is 11.3. The maximum Gasteiger partial charge on any atom is 0.338 e. The zero-order valence-corrected chi connectivity index (χ0v) is 19.5. The normalized spacial score (nSPS) is 15.7. The summed E-state index contributed by atoms with van der Waals surface area (Å²) in [7, 11) is 0. The summed E-state index contributed by atoms with van der Waals surface area (Å²) in [5.41, 5.74) is 0.692. The lowest BCUT2D eigenvalue weighted by Crippen LogP contribution is -2.61. The van der Waals surface area contributed by atoms with E-state index >= 15 is 0 Å². The molecule has 0 aromatic heterocycles. The second-order valence-electron chi connectivity index (χ2n) is 8.68. The van der Waals surface area contributed by atoms with E-state index in [1.807, 2.05) is 0 Å². The molecule has 1 saturated carbocycles. The molecular formula is C25H26N4O6. The highest BCUT2D eigenvalue weighted by Crippen LogP contribution is 2.45. The van der Waals surface area contributed by atoms with Crippen LogP contribution in [0.3, 0.4) is 0 Å². The van der Waals surface area contributed by atoms with Gasteiger partial charge < -0.3 is 20.7 Å². The lowest BCUT2D eigenvalue weighted by Gasteiger charge is -2.44. The first-order valence-corrected chi connectivity index (χ1v) is 11.3. The van der Waals surface area contributed by atoms with Crippen molar-refractivity contribution >= 4 is 52.3 Å². The molecule has 0 bridgehead atoms. The first kappa shape index (κ1) is 23.9. The molecule has 0 atom stereocenters. The molecule has 2 aliphatic rings. The number of anilines is 4. The zero-order valence-electron chi connectivity index (χ0n) is 19.5. The monoisotopic (exact) mass is 478 g/mol. The number of ether oxygens (including phenoxy) is 1. The number of rotatable bonds is 5. The summed E-state index contributed by atoms with van der Waals surface area (Å²) in [5.74, 6) is -2.28. The Morgan fingerprint density at radius 3 is 2.17 bits per heavy atom. The molecule has 2 aromatic carbocycles. The molecule has 4 rings (SSSR count). The maximum absolute atomic E-state index is 13.4. The van der Waals surface area contributed by atoms with E-state index < -0.39 is 24.0 Å². The number of para-hydroxylation sites is 2. The molecule has 0 unspecified atom stereocenters. The first-order valence-electron chi connectivity index (χ1n) is 11.3. The van der Waals surface area contributed by atoms with Crippen LogP contribution in [0.5, 0.6) is 0 Å². The van der Waals surface area contributed by atoms with Crippen LogP contribution in [-0.2, 0) is 23.9 Å². The Morgan fingerprint density at radius 2 is 1.57 bits per heavy atom. The van der Waals surface area contributed by atoms with Crippen molar-refractivity contribution in [1.82, 2.24) is 0 Å². The van der Waals surface area contributed by atoms with Crippen LogP contribution in [0.4, 0.5) is 22.7 Å². The maximum atomic E-state index is 13.4. The third kappa shape index (κ3) is 4.86. The molecule has 1 aliphatic carbocycles. The van der Waals surface area contributed by atoms with E-state index in [2.05, 4.69) is 16.0 Å². The highest BCUT2D eigenvalue weighted by Gasteiger charge is 2.52. The van der Waals surface area contributed by atoms with E-state index in [9.17, 15) is 24.0 Å². The van der Waals surface area contributed by atoms with Crippen molar-refractivity contribution in [2.75, 3.05) is 27.5 Å². The number of nitrogens with zero attached hydrogens (tertiary/aromatic N) is 1. The minimum Gasteiger partial charge on any atom is -0.452 e. The van der Waals surface area contributed by atoms with Crippen LogP contribution in [0.2, 0.25) is 0 Å². The average Bonchev–Trinajstić information content (AvgIpc) is 3.27. The van der Waals surface area contributed by atoms with Crippen molar-refractivity contribution in [3.05, 3.63) is 48.0 Å². The number of nitrogens with one attached hydrogen (secondary N) is 3. The topological polar surface area (TPSA) is 134 Å². The predicted octanol–water partition coefficient (Wildman–Crippen LogP) is 3.06. The summed E-state index contributed by atoms with van der Waals surface area (Å²) in [6.45, 7) is 2.04. The van der Waals surface area contributed by atoms with E-state index in [4.69, 9.17) is 4.74 Å². The fourth-order valence-corrected chi connectivity index (χ4v) is 4.70. The van der Waals surface area contributed by atoms with Crippen LogP contribution < -0.4 is 20.9 Å². The second-order valence-corrected chi connectivity index (χ2v) is 8.68. The largest absolute Gasteiger partial charge is 0.452 e. The SMILES string of the molecule is CC(=O)Nc1cc(NC(C)=O)cc(C(=O)OCC(=O)N2c3ccccc3NC(=O)C23CCCC3)c1. The van der Waals surface area contributed by atoms with E-state index in [1.165, 1.54) is 36.9 Å². The molecule has 4 amide bonds. The standard InChI is InChI=1S/C25H26N4O6/c1-15(30)26-18-11-17(12-19(13-18)27-16(2)31)23(33)35-14-22(32)29-21-8-4-3-7-20(21)28-24(34)25(29)9-5-6-10-25/h3-4,7-8,11-13H,5-6,9-10,14H2,1-2H3,(H,26,30)(H,27,31)(H,28,34). The van der Waals surface area contributed by atoms with Gasteiger partial charge in [-0.1, -0.05) is 25.0 Å². The van der Waals surface area contributed by atoms with Gasteiger partial charge >= 0.3 is 5.97 Å². The summed E-state index contributed by atoms with van der Waals surface area (Å²) in [6.07, 6.45) is 2.65. The number of carbonyl (C=O) groups is 5. The summed E-state index contributed by atoms with van der Waals surface area (Å²) < 4.78 is 5.33. The minimum atomic E-state index is -1.01. The predicted molar refractivity (Wildman–Crippen MR) is 129 cm³/mol. The van der Waals surface area contributed by atoms with Crippen LogP contribution >= 0.6 is 0 Å². The quantitative estimate of drug-likeness (QED) is 0.566. The molecule has 10 heteroatoms. The van der Waals surface area contributed by atoms with Crippen molar-refractivity contribution in [2.24, 2.45) is 0 Å². The molecule has 1 aliphatic heterocycles. The minimum absolute atomic E-state index is 0.0418. The van der Waals surface area contributed by atoms with Gasteiger partial charge in [0.15, 0.2) is 6.61 Å². The molecular weight excluding hydrogens is 452 g/mol. The Bertz CT molecular complexity index is 1180. The number of hydrogen-bond donors (Lipinski definition) is 3. The summed E-state index contributed by atoms with van der Waals surface area (Å²) in [4.78, 5) is 63.7. The van der Waals surface area contributed by atoms with Gasteiger partial charge in [-0.25, -0.2) is 4.79 Å². The van der Waals surface area contributed by atoms with Crippen LogP contribution in [0.15, 0.2) is 42.5 Å². The van der Waals surface area contributed by atoms with Crippen molar-refractivity contribution < 1.29 is 28.7 Å². The highest BCUT2D eigenvalue weighted by atomic mass is 16.5. The third-order valence-electron chi connectivity index (χ3n) is 6.06. The van der Waals surface area contributed by atoms with Gasteiger partial charge in [0.05, 0.1) is 16.9 Å². The fraction of sp³-hybridized carbons (Fsp3) is 0.320. The second kappa shape index (κ2) is 9.57. The van der Waals surface area contributed by atoms with Gasteiger partial charge in [-0.3, -0.25) is 24.1 Å². The molecule has 35 heavy (non-hydrogen) atoms. The van der Waals surface area contributed by atoms with Gasteiger partial charge in [0.1, 0.15) is 5.54 Å². The number of benzene rings is 2. The molecule has 0 radical (unpaired) electrons. The molecule has 0 saturated heterocycles. The van der Waals surface area contributed by atoms with Gasteiger partial charge in [0.25, 0.3) is 11.8 Å². The van der Waals surface area contributed by atoms with Crippen LogP contribution in [0.25, 0.3) is 0 Å². The summed E-state index contributed by atoms with van der Waals surface area (Å²) in [5, 5.41) is 8.03. The smallest absolute Gasteiger partial charge is 0.338 e. The van der Waals surface area contributed by atoms with E-state index in [1.54, 1.807) is 24.3 Å². The van der Waals surface area contributed by atoms with Crippen LogP contribution in [-0.4, -0.2) is 41.7 Å². The van der Waals surface area contributed by atoms with Gasteiger partial charge in [-0.15, -0.1) is 0 Å². The van der Waals surface area contributed by atoms with Crippen molar-refractivity contribution in [1.29, 1.82) is 0 Å². The van der Waals surface area contributed by atoms with Gasteiger partial charge in [-0.2, -0.15) is 0 Å². The van der Waals surface area contributed by atoms with E-state index in [0.717, 1.165) is 12.8 Å². The Morgan fingerprint density at radius 1 is 0.971 bits per heavy atom. The number of hydrogen-bond acceptors (Lipinski definition) is 6. The van der Waals surface area contributed by atoms with Crippen LogP contribution in [0.1, 0.15) is 49.9 Å². The number of carbonyl (C=O) groups excluding carboxylic acids is 5. The van der Waals surface area contributed by atoms with Gasteiger partial charge in [0.2, 0.25) is 11.8 Å². The molecule has 1 fully saturated rings. The molecule has 1 heterocycles. The lowest BCUT2D eigenvalue weighted by molar-refractivity contribution is -0.129. The Labute approximate surface area is 202 Å². The first-order chi connectivity index (χ1) is 16.7. The fourth-order valence-electron chi connectivity index (χ4n) is 4.70. The third-order valence-corrected chi connectivity index (χ3v) is 6.06. The Balaban J connectivity index is 1.57. The Hall–Kier alpha value is -4.21. The van der Waals surface area contributed by atoms with Crippen LogP contribution in [0, 0.1) is 0 Å². The number of amides is 4. The van der Waals surface area contributed by atoms with Gasteiger partial charge in [0, 0.05) is 25.2 Å². The number of esters is 1.